The topological polar surface area (TPSA) is 26.0 Å². The Morgan fingerprint density at radius 1 is 0.933 bits per heavy atom. The molecule has 0 aliphatic rings. The van der Waals surface area contributed by atoms with Crippen LogP contribution in [0.25, 0.3) is 22.2 Å². The van der Waals surface area contributed by atoms with Crippen LogP contribution in [-0.2, 0) is 0 Å². The summed E-state index contributed by atoms with van der Waals surface area (Å²) >= 11 is 0. The SMILES string of the molecule is c1ccc2c(-c3ncco3)cccc2c1. The number of hydrogen-bond acceptors (Lipinski definition) is 2. The molecule has 2 nitrogen and oxygen atoms in total. The van der Waals surface area contributed by atoms with Crippen LogP contribution in [0.3, 0.4) is 0 Å². The van der Waals surface area contributed by atoms with Gasteiger partial charge in [-0.15, -0.1) is 0 Å². The highest BCUT2D eigenvalue weighted by atomic mass is 16.3. The average molecular weight is 195 g/mol. The molecule has 0 aliphatic carbocycles. The van der Waals surface area contributed by atoms with Gasteiger partial charge in [-0.05, 0) is 16.8 Å². The van der Waals surface area contributed by atoms with Crippen molar-refractivity contribution < 1.29 is 4.42 Å². The van der Waals surface area contributed by atoms with Gasteiger partial charge in [0.1, 0.15) is 6.26 Å². The standard InChI is InChI=1S/C13H9NO/c1-2-6-11-10(4-1)5-3-7-12(11)13-14-8-9-15-13/h1-9H. The molecule has 0 saturated carbocycles. The molecule has 3 aromatic rings. The molecule has 72 valence electrons. The summed E-state index contributed by atoms with van der Waals surface area (Å²) in [5, 5.41) is 2.37. The van der Waals surface area contributed by atoms with Crippen molar-refractivity contribution in [3.05, 3.63) is 54.9 Å². The van der Waals surface area contributed by atoms with Crippen LogP contribution in [0.5, 0.6) is 0 Å². The van der Waals surface area contributed by atoms with E-state index in [0.717, 1.165) is 5.56 Å². The third-order valence-electron chi connectivity index (χ3n) is 2.45. The fraction of sp³-hybridized carbons (Fsp3) is 0. The van der Waals surface area contributed by atoms with Crippen molar-refractivity contribution in [2.75, 3.05) is 0 Å². The van der Waals surface area contributed by atoms with E-state index in [9.17, 15) is 0 Å². The first kappa shape index (κ1) is 8.24. The first-order valence-electron chi connectivity index (χ1n) is 4.83. The summed E-state index contributed by atoms with van der Waals surface area (Å²) in [5.41, 5.74) is 1.04. The first-order chi connectivity index (χ1) is 7.45. The highest BCUT2D eigenvalue weighted by Gasteiger charge is 2.05. The second-order valence-electron chi connectivity index (χ2n) is 3.36. The molecule has 0 amide bonds. The predicted molar refractivity (Wildman–Crippen MR) is 59.4 cm³/mol. The maximum atomic E-state index is 5.32. The third-order valence-corrected chi connectivity index (χ3v) is 2.45. The van der Waals surface area contributed by atoms with Gasteiger partial charge in [-0.2, -0.15) is 0 Å². The number of benzene rings is 2. The average Bonchev–Trinajstić information content (AvgIpc) is 2.82. The van der Waals surface area contributed by atoms with E-state index in [-0.39, 0.29) is 0 Å². The van der Waals surface area contributed by atoms with Crippen LogP contribution >= 0.6 is 0 Å². The van der Waals surface area contributed by atoms with Gasteiger partial charge in [0.25, 0.3) is 0 Å². The molecule has 2 heteroatoms. The molecular weight excluding hydrogens is 186 g/mol. The van der Waals surface area contributed by atoms with Gasteiger partial charge < -0.3 is 4.42 Å². The Kier molecular flexibility index (Phi) is 1.78. The Balaban J connectivity index is 2.36. The minimum atomic E-state index is 0.673. The summed E-state index contributed by atoms with van der Waals surface area (Å²) in [5.74, 6) is 0.673. The van der Waals surface area contributed by atoms with Crippen LogP contribution in [0.4, 0.5) is 0 Å². The van der Waals surface area contributed by atoms with Crippen LogP contribution in [0, 0.1) is 0 Å². The molecule has 1 heterocycles. The lowest BCUT2D eigenvalue weighted by Gasteiger charge is -2.01. The Morgan fingerprint density at radius 2 is 1.80 bits per heavy atom. The minimum absolute atomic E-state index is 0.673. The highest BCUT2D eigenvalue weighted by Crippen LogP contribution is 2.26. The van der Waals surface area contributed by atoms with Crippen molar-refractivity contribution in [2.24, 2.45) is 0 Å². The zero-order valence-corrected chi connectivity index (χ0v) is 8.05. The lowest BCUT2D eigenvalue weighted by Crippen LogP contribution is -1.80. The van der Waals surface area contributed by atoms with Crippen LogP contribution in [0.1, 0.15) is 0 Å². The van der Waals surface area contributed by atoms with Gasteiger partial charge in [-0.3, -0.25) is 0 Å². The molecule has 2 aromatic carbocycles. The molecule has 0 radical (unpaired) electrons. The maximum Gasteiger partial charge on any atom is 0.226 e. The first-order valence-corrected chi connectivity index (χ1v) is 4.83. The summed E-state index contributed by atoms with van der Waals surface area (Å²) < 4.78 is 5.32. The molecule has 0 fully saturated rings. The van der Waals surface area contributed by atoms with Gasteiger partial charge >= 0.3 is 0 Å². The molecule has 0 aliphatic heterocycles. The lowest BCUT2D eigenvalue weighted by atomic mass is 10.0. The van der Waals surface area contributed by atoms with Crippen molar-refractivity contribution in [1.82, 2.24) is 4.98 Å². The van der Waals surface area contributed by atoms with Crippen molar-refractivity contribution >= 4 is 10.8 Å². The monoisotopic (exact) mass is 195 g/mol. The summed E-state index contributed by atoms with van der Waals surface area (Å²) in [6.45, 7) is 0. The second kappa shape index (κ2) is 3.24. The van der Waals surface area contributed by atoms with E-state index >= 15 is 0 Å². The summed E-state index contributed by atoms with van der Waals surface area (Å²) in [7, 11) is 0. The van der Waals surface area contributed by atoms with Crippen LogP contribution in [0.2, 0.25) is 0 Å². The van der Waals surface area contributed by atoms with Crippen LogP contribution in [-0.4, -0.2) is 4.98 Å². The molecule has 0 saturated heterocycles. The lowest BCUT2D eigenvalue weighted by molar-refractivity contribution is 0.575. The van der Waals surface area contributed by atoms with Crippen LogP contribution in [0.15, 0.2) is 59.3 Å². The smallest absolute Gasteiger partial charge is 0.226 e. The van der Waals surface area contributed by atoms with E-state index in [2.05, 4.69) is 23.2 Å². The Bertz CT molecular complexity index is 579. The Labute approximate surface area is 87.2 Å². The largest absolute Gasteiger partial charge is 0.445 e. The quantitative estimate of drug-likeness (QED) is 0.594. The van der Waals surface area contributed by atoms with Gasteiger partial charge in [0.15, 0.2) is 0 Å². The zero-order chi connectivity index (χ0) is 10.1. The number of oxazole rings is 1. The van der Waals surface area contributed by atoms with E-state index in [1.807, 2.05) is 24.3 Å². The maximum absolute atomic E-state index is 5.32. The summed E-state index contributed by atoms with van der Waals surface area (Å²) in [4.78, 5) is 4.17. The normalized spacial score (nSPS) is 10.7. The van der Waals surface area contributed by atoms with Crippen molar-refractivity contribution in [1.29, 1.82) is 0 Å². The van der Waals surface area contributed by atoms with Crippen molar-refractivity contribution in [2.45, 2.75) is 0 Å². The van der Waals surface area contributed by atoms with Gasteiger partial charge in [0.05, 0.1) is 6.20 Å². The molecule has 1 aromatic heterocycles. The zero-order valence-electron chi connectivity index (χ0n) is 8.05. The Morgan fingerprint density at radius 3 is 2.67 bits per heavy atom. The third kappa shape index (κ3) is 1.31. The van der Waals surface area contributed by atoms with Gasteiger partial charge in [-0.1, -0.05) is 36.4 Å². The Hall–Kier alpha value is -2.09. The number of rotatable bonds is 1. The predicted octanol–water partition coefficient (Wildman–Crippen LogP) is 3.49. The van der Waals surface area contributed by atoms with Gasteiger partial charge in [0.2, 0.25) is 5.89 Å². The molecular formula is C13H9NO. The second-order valence-corrected chi connectivity index (χ2v) is 3.36. The molecule has 3 rings (SSSR count). The number of fused-ring (bicyclic) bond motifs is 1. The summed E-state index contributed by atoms with van der Waals surface area (Å²) in [6, 6.07) is 14.3. The molecule has 15 heavy (non-hydrogen) atoms. The highest BCUT2D eigenvalue weighted by molar-refractivity contribution is 5.94. The van der Waals surface area contributed by atoms with Gasteiger partial charge in [-0.25, -0.2) is 4.98 Å². The molecule has 0 N–H and O–H groups in total. The van der Waals surface area contributed by atoms with E-state index in [1.165, 1.54) is 10.8 Å². The van der Waals surface area contributed by atoms with E-state index in [1.54, 1.807) is 12.5 Å². The van der Waals surface area contributed by atoms with Crippen molar-refractivity contribution in [3.8, 4) is 11.5 Å². The fourth-order valence-electron chi connectivity index (χ4n) is 1.77. The number of hydrogen-bond donors (Lipinski definition) is 0. The number of aromatic nitrogens is 1. The molecule has 0 unspecified atom stereocenters. The number of nitrogens with zero attached hydrogens (tertiary/aromatic N) is 1. The van der Waals surface area contributed by atoms with E-state index in [0.29, 0.717) is 5.89 Å². The molecule has 0 bridgehead atoms. The molecule has 0 atom stereocenters. The van der Waals surface area contributed by atoms with E-state index < -0.39 is 0 Å². The van der Waals surface area contributed by atoms with Crippen molar-refractivity contribution in [3.63, 3.8) is 0 Å². The fourth-order valence-corrected chi connectivity index (χ4v) is 1.77. The van der Waals surface area contributed by atoms with Gasteiger partial charge in [0, 0.05) is 5.56 Å². The minimum Gasteiger partial charge on any atom is -0.445 e. The summed E-state index contributed by atoms with van der Waals surface area (Å²) in [6.07, 6.45) is 3.26. The van der Waals surface area contributed by atoms with E-state index in [4.69, 9.17) is 4.42 Å². The molecule has 0 spiro atoms. The van der Waals surface area contributed by atoms with Crippen LogP contribution < -0.4 is 0 Å².